The number of rotatable bonds is 3. The van der Waals surface area contributed by atoms with Crippen LogP contribution in [0, 0.1) is 0 Å². The molecule has 29 heavy (non-hydrogen) atoms. The van der Waals surface area contributed by atoms with E-state index < -0.39 is 5.60 Å². The minimum absolute atomic E-state index is 0.677. The van der Waals surface area contributed by atoms with Crippen LogP contribution in [0.5, 0.6) is 0 Å². The van der Waals surface area contributed by atoms with E-state index >= 15 is 0 Å². The Morgan fingerprint density at radius 2 is 2.07 bits per heavy atom. The Kier molecular flexibility index (Phi) is 3.71. The second-order valence-corrected chi connectivity index (χ2v) is 9.00. The summed E-state index contributed by atoms with van der Waals surface area (Å²) < 4.78 is 0. The Bertz CT molecular complexity index is 1350. The van der Waals surface area contributed by atoms with Gasteiger partial charge in [0.1, 0.15) is 16.3 Å². The first-order valence-electron chi connectivity index (χ1n) is 9.36. The number of fused-ring (bicyclic) bond motifs is 2. The highest BCUT2D eigenvalue weighted by atomic mass is 32.1. The van der Waals surface area contributed by atoms with Crippen LogP contribution in [0.3, 0.4) is 0 Å². The molecule has 1 aliphatic rings. The van der Waals surface area contributed by atoms with Crippen LogP contribution in [0.15, 0.2) is 59.7 Å². The van der Waals surface area contributed by atoms with Crippen molar-refractivity contribution in [3.05, 3.63) is 75.8 Å². The molecule has 4 heterocycles. The lowest BCUT2D eigenvalue weighted by Crippen LogP contribution is -2.24. The van der Waals surface area contributed by atoms with Crippen LogP contribution in [0.4, 0.5) is 0 Å². The highest BCUT2D eigenvalue weighted by molar-refractivity contribution is 7.13. The van der Waals surface area contributed by atoms with Crippen molar-refractivity contribution in [3.8, 4) is 21.8 Å². The van der Waals surface area contributed by atoms with Gasteiger partial charge in [0.15, 0.2) is 0 Å². The molecule has 0 radical (unpaired) electrons. The normalized spacial score (nSPS) is 18.4. The average molecular weight is 417 g/mol. The summed E-state index contributed by atoms with van der Waals surface area (Å²) in [6.45, 7) is 0. The summed E-state index contributed by atoms with van der Waals surface area (Å²) in [4.78, 5) is 18.1. The van der Waals surface area contributed by atoms with Crippen molar-refractivity contribution in [2.45, 2.75) is 18.4 Å². The van der Waals surface area contributed by atoms with E-state index in [0.717, 1.165) is 50.5 Å². The third kappa shape index (κ3) is 2.58. The Balaban J connectivity index is 1.40. The molecule has 0 amide bonds. The second kappa shape index (κ2) is 6.32. The van der Waals surface area contributed by atoms with E-state index in [4.69, 9.17) is 4.98 Å². The Labute approximate surface area is 174 Å². The molecule has 5 aromatic rings. The van der Waals surface area contributed by atoms with Gasteiger partial charge in [-0.15, -0.1) is 22.7 Å². The molecule has 6 rings (SSSR count). The molecular formula is C22H16N4OS2. The van der Waals surface area contributed by atoms with Crippen LogP contribution < -0.4 is 0 Å². The Hall–Kier alpha value is -2.87. The summed E-state index contributed by atoms with van der Waals surface area (Å²) in [7, 11) is 0. The Morgan fingerprint density at radius 3 is 3.03 bits per heavy atom. The van der Waals surface area contributed by atoms with E-state index in [-0.39, 0.29) is 0 Å². The van der Waals surface area contributed by atoms with Crippen molar-refractivity contribution in [2.24, 2.45) is 0 Å². The molecule has 2 N–H and O–H groups in total. The lowest BCUT2D eigenvalue weighted by atomic mass is 9.90. The molecule has 0 bridgehead atoms. The average Bonchev–Trinajstić information content (AvgIpc) is 3.53. The lowest BCUT2D eigenvalue weighted by molar-refractivity contribution is 0.0790. The number of pyridine rings is 1. The van der Waals surface area contributed by atoms with Gasteiger partial charge in [0.05, 0.1) is 16.9 Å². The molecule has 5 nitrogen and oxygen atoms in total. The third-order valence-electron chi connectivity index (χ3n) is 5.57. The van der Waals surface area contributed by atoms with Crippen LogP contribution in [0.1, 0.15) is 22.6 Å². The molecule has 7 heteroatoms. The number of nitrogens with zero attached hydrogens (tertiary/aromatic N) is 3. The van der Waals surface area contributed by atoms with Crippen LogP contribution in [-0.4, -0.2) is 25.0 Å². The maximum atomic E-state index is 11.4. The fourth-order valence-electron chi connectivity index (χ4n) is 4.08. The van der Waals surface area contributed by atoms with Crippen molar-refractivity contribution >= 4 is 33.7 Å². The van der Waals surface area contributed by atoms with Gasteiger partial charge in [0, 0.05) is 39.2 Å². The summed E-state index contributed by atoms with van der Waals surface area (Å²) >= 11 is 3.23. The SMILES string of the molecule is O[C@@]1(c2cccc(-c3csc(-c4c[nH]c5ncccc45)n3)c2)CCc2scnc21. The molecule has 0 spiro atoms. The molecule has 0 unspecified atom stereocenters. The van der Waals surface area contributed by atoms with E-state index in [0.29, 0.717) is 6.42 Å². The predicted octanol–water partition coefficient (Wildman–Crippen LogP) is 4.99. The van der Waals surface area contributed by atoms with Crippen LogP contribution >= 0.6 is 22.7 Å². The van der Waals surface area contributed by atoms with E-state index in [9.17, 15) is 5.11 Å². The van der Waals surface area contributed by atoms with Gasteiger partial charge in [0.2, 0.25) is 0 Å². The Morgan fingerprint density at radius 1 is 1.10 bits per heavy atom. The quantitative estimate of drug-likeness (QED) is 0.434. The van der Waals surface area contributed by atoms with Gasteiger partial charge in [-0.05, 0) is 36.6 Å². The number of hydrogen-bond acceptors (Lipinski definition) is 6. The smallest absolute Gasteiger partial charge is 0.137 e. The number of H-pyrrole nitrogens is 1. The van der Waals surface area contributed by atoms with Crippen molar-refractivity contribution in [1.29, 1.82) is 0 Å². The number of nitrogens with one attached hydrogen (secondary N) is 1. The van der Waals surface area contributed by atoms with Gasteiger partial charge in [0.25, 0.3) is 0 Å². The number of aromatic amines is 1. The molecule has 0 saturated heterocycles. The minimum atomic E-state index is -1.01. The van der Waals surface area contributed by atoms with Crippen LogP contribution in [-0.2, 0) is 12.0 Å². The number of benzene rings is 1. The monoisotopic (exact) mass is 416 g/mol. The molecule has 1 atom stereocenters. The first kappa shape index (κ1) is 17.0. The summed E-state index contributed by atoms with van der Waals surface area (Å²) in [6, 6.07) is 12.0. The summed E-state index contributed by atoms with van der Waals surface area (Å²) in [5.74, 6) is 0. The van der Waals surface area contributed by atoms with Crippen LogP contribution in [0.25, 0.3) is 32.9 Å². The zero-order valence-corrected chi connectivity index (χ0v) is 16.9. The van der Waals surface area contributed by atoms with E-state index in [1.807, 2.05) is 42.0 Å². The zero-order chi connectivity index (χ0) is 19.4. The summed E-state index contributed by atoms with van der Waals surface area (Å²) in [6.07, 6.45) is 5.29. The van der Waals surface area contributed by atoms with Gasteiger partial charge in [-0.2, -0.15) is 0 Å². The highest BCUT2D eigenvalue weighted by Crippen LogP contribution is 2.43. The van der Waals surface area contributed by atoms with Gasteiger partial charge in [-0.1, -0.05) is 18.2 Å². The van der Waals surface area contributed by atoms with E-state index in [1.54, 1.807) is 28.9 Å². The molecule has 0 fully saturated rings. The maximum absolute atomic E-state index is 11.4. The standard InChI is InChI=1S/C22H16N4OS2/c27-22(7-6-18-19(22)25-12-29-18)14-4-1-3-13(9-14)17-11-28-21(26-17)16-10-24-20-15(16)5-2-8-23-20/h1-5,8-12,27H,6-7H2,(H,23,24)/t22-/m1/s1. The van der Waals surface area contributed by atoms with Crippen LogP contribution in [0.2, 0.25) is 0 Å². The maximum Gasteiger partial charge on any atom is 0.137 e. The summed E-state index contributed by atoms with van der Waals surface area (Å²) in [5.41, 5.74) is 6.33. The van der Waals surface area contributed by atoms with Crippen molar-refractivity contribution in [2.75, 3.05) is 0 Å². The molecule has 0 aliphatic heterocycles. The lowest BCUT2D eigenvalue weighted by Gasteiger charge is -2.23. The fourth-order valence-corrected chi connectivity index (χ4v) is 5.78. The first-order chi connectivity index (χ1) is 14.2. The fraction of sp³-hybridized carbons (Fsp3) is 0.136. The third-order valence-corrected chi connectivity index (χ3v) is 7.34. The largest absolute Gasteiger partial charge is 0.379 e. The number of thiazole rings is 2. The minimum Gasteiger partial charge on any atom is -0.379 e. The van der Waals surface area contributed by atoms with Gasteiger partial charge >= 0.3 is 0 Å². The molecule has 142 valence electrons. The number of aromatic nitrogens is 4. The molecular weight excluding hydrogens is 400 g/mol. The van der Waals surface area contributed by atoms with Gasteiger partial charge in [-0.25, -0.2) is 15.0 Å². The molecule has 1 aromatic carbocycles. The second-order valence-electron chi connectivity index (χ2n) is 7.21. The predicted molar refractivity (Wildman–Crippen MR) is 116 cm³/mol. The highest BCUT2D eigenvalue weighted by Gasteiger charge is 2.41. The van der Waals surface area contributed by atoms with E-state index in [1.165, 1.54) is 4.88 Å². The molecule has 4 aromatic heterocycles. The number of aliphatic hydroxyl groups is 1. The number of aryl methyl sites for hydroxylation is 1. The molecule has 1 aliphatic carbocycles. The first-order valence-corrected chi connectivity index (χ1v) is 11.1. The zero-order valence-electron chi connectivity index (χ0n) is 15.3. The van der Waals surface area contributed by atoms with Crippen molar-refractivity contribution in [1.82, 2.24) is 19.9 Å². The van der Waals surface area contributed by atoms with Crippen molar-refractivity contribution < 1.29 is 5.11 Å². The van der Waals surface area contributed by atoms with Crippen molar-refractivity contribution in [3.63, 3.8) is 0 Å². The number of hydrogen-bond donors (Lipinski definition) is 2. The topological polar surface area (TPSA) is 74.7 Å². The van der Waals surface area contributed by atoms with E-state index in [2.05, 4.69) is 26.4 Å². The molecule has 0 saturated carbocycles. The van der Waals surface area contributed by atoms with Gasteiger partial charge < -0.3 is 10.1 Å². The summed E-state index contributed by atoms with van der Waals surface area (Å²) in [5, 5.41) is 15.4. The van der Waals surface area contributed by atoms with Gasteiger partial charge in [-0.3, -0.25) is 0 Å².